The Balaban J connectivity index is 0.998. The summed E-state index contributed by atoms with van der Waals surface area (Å²) in [5.41, 5.74) is 18.2. The summed E-state index contributed by atoms with van der Waals surface area (Å²) in [5, 5.41) is 7.09. The number of hydrogen-bond acceptors (Lipinski definition) is 4. The lowest BCUT2D eigenvalue weighted by atomic mass is 9.68. The molecular weight excluding hydrogens is 897 g/mol. The van der Waals surface area contributed by atoms with Crippen LogP contribution in [-0.4, -0.2) is 15.0 Å². The second-order valence-electron chi connectivity index (χ2n) is 19.4. The molecule has 0 saturated carbocycles. The second-order valence-corrected chi connectivity index (χ2v) is 19.4. The maximum Gasteiger partial charge on any atom is 0.164 e. The minimum absolute atomic E-state index is 0.640. The van der Waals surface area contributed by atoms with E-state index in [9.17, 15) is 0 Å². The maximum atomic E-state index is 5.33. The van der Waals surface area contributed by atoms with Crippen LogP contribution in [-0.2, 0) is 5.41 Å². The highest BCUT2D eigenvalue weighted by atomic mass is 15.1. The molecule has 1 heterocycles. The summed E-state index contributed by atoms with van der Waals surface area (Å²) in [6.45, 7) is 0. The Morgan fingerprint density at radius 3 is 1.36 bits per heavy atom. The zero-order valence-corrected chi connectivity index (χ0v) is 40.2. The van der Waals surface area contributed by atoms with Crippen LogP contribution in [0.1, 0.15) is 22.3 Å². The summed E-state index contributed by atoms with van der Waals surface area (Å²) in [5.74, 6) is 1.92. The van der Waals surface area contributed by atoms with E-state index in [1.807, 2.05) is 36.4 Å². The summed E-state index contributed by atoms with van der Waals surface area (Å²) >= 11 is 0. The van der Waals surface area contributed by atoms with Gasteiger partial charge in [0.05, 0.1) is 5.41 Å². The van der Waals surface area contributed by atoms with Gasteiger partial charge in [0, 0.05) is 33.8 Å². The van der Waals surface area contributed by atoms with Gasteiger partial charge in [-0.05, 0) is 136 Å². The van der Waals surface area contributed by atoms with Crippen LogP contribution in [0.5, 0.6) is 0 Å². The monoisotopic (exact) mass is 940 g/mol. The van der Waals surface area contributed by atoms with Gasteiger partial charge >= 0.3 is 0 Å². The van der Waals surface area contributed by atoms with Crippen LogP contribution >= 0.6 is 0 Å². The molecule has 0 bridgehead atoms. The second kappa shape index (κ2) is 16.7. The van der Waals surface area contributed by atoms with Crippen molar-refractivity contribution in [2.75, 3.05) is 4.90 Å². The number of benzene rings is 12. The van der Waals surface area contributed by atoms with Crippen LogP contribution in [0, 0.1) is 0 Å². The number of aromatic nitrogens is 3. The lowest BCUT2D eigenvalue weighted by Crippen LogP contribution is -2.26. The fourth-order valence-corrected chi connectivity index (χ4v) is 12.4. The van der Waals surface area contributed by atoms with Crippen molar-refractivity contribution in [2.45, 2.75) is 5.41 Å². The van der Waals surface area contributed by atoms with Crippen LogP contribution in [0.4, 0.5) is 17.1 Å². The Morgan fingerprint density at radius 1 is 0.270 bits per heavy atom. The number of fused-ring (bicyclic) bond motifs is 17. The maximum absolute atomic E-state index is 5.33. The van der Waals surface area contributed by atoms with E-state index in [1.54, 1.807) is 0 Å². The van der Waals surface area contributed by atoms with E-state index in [0.29, 0.717) is 17.5 Å². The number of anilines is 3. The van der Waals surface area contributed by atoms with Crippen LogP contribution < -0.4 is 4.90 Å². The van der Waals surface area contributed by atoms with Crippen LogP contribution in [0.3, 0.4) is 0 Å². The third-order valence-electron chi connectivity index (χ3n) is 15.5. The van der Waals surface area contributed by atoms with Crippen LogP contribution in [0.25, 0.3) is 99.9 Å². The Hall–Kier alpha value is -9.77. The molecule has 344 valence electrons. The molecule has 0 radical (unpaired) electrons. The molecule has 1 aromatic heterocycles. The summed E-state index contributed by atoms with van der Waals surface area (Å²) in [6.07, 6.45) is 0. The molecule has 0 saturated heterocycles. The lowest BCUT2D eigenvalue weighted by molar-refractivity contribution is 0.802. The van der Waals surface area contributed by atoms with Gasteiger partial charge in [0.15, 0.2) is 17.5 Å². The van der Waals surface area contributed by atoms with Crippen molar-refractivity contribution >= 4 is 49.4 Å². The van der Waals surface area contributed by atoms with Crippen molar-refractivity contribution < 1.29 is 0 Å². The Morgan fingerprint density at radius 2 is 0.730 bits per heavy atom. The topological polar surface area (TPSA) is 41.9 Å². The Bertz CT molecular complexity index is 4250. The number of para-hydroxylation sites is 2. The third kappa shape index (κ3) is 6.25. The lowest BCUT2D eigenvalue weighted by Gasteiger charge is -2.32. The fourth-order valence-electron chi connectivity index (χ4n) is 12.4. The summed E-state index contributed by atoms with van der Waals surface area (Å²) in [7, 11) is 0. The van der Waals surface area contributed by atoms with Crippen LogP contribution in [0.2, 0.25) is 0 Å². The van der Waals surface area contributed by atoms with Crippen molar-refractivity contribution in [2.24, 2.45) is 0 Å². The van der Waals surface area contributed by atoms with E-state index < -0.39 is 5.41 Å². The summed E-state index contributed by atoms with van der Waals surface area (Å²) < 4.78 is 0. The van der Waals surface area contributed by atoms with E-state index in [4.69, 9.17) is 15.0 Å². The van der Waals surface area contributed by atoms with Gasteiger partial charge in [0.25, 0.3) is 0 Å². The van der Waals surface area contributed by atoms with E-state index in [0.717, 1.165) is 50.1 Å². The first-order valence-corrected chi connectivity index (χ1v) is 25.4. The molecule has 12 aromatic carbocycles. The first-order valence-electron chi connectivity index (χ1n) is 25.4. The van der Waals surface area contributed by atoms with E-state index in [-0.39, 0.29) is 0 Å². The molecule has 2 aliphatic carbocycles. The molecule has 1 atom stereocenters. The third-order valence-corrected chi connectivity index (χ3v) is 15.5. The van der Waals surface area contributed by atoms with Gasteiger partial charge in [0.2, 0.25) is 0 Å². The van der Waals surface area contributed by atoms with E-state index in [2.05, 4.69) is 235 Å². The quantitative estimate of drug-likeness (QED) is 0.149. The van der Waals surface area contributed by atoms with Crippen LogP contribution in [0.15, 0.2) is 267 Å². The largest absolute Gasteiger partial charge is 0.311 e. The molecule has 74 heavy (non-hydrogen) atoms. The van der Waals surface area contributed by atoms with Crippen molar-refractivity contribution in [1.29, 1.82) is 0 Å². The van der Waals surface area contributed by atoms with Gasteiger partial charge < -0.3 is 4.90 Å². The summed E-state index contributed by atoms with van der Waals surface area (Å²) in [4.78, 5) is 18.1. The number of rotatable bonds is 7. The molecule has 4 nitrogen and oxygen atoms in total. The predicted molar refractivity (Wildman–Crippen MR) is 305 cm³/mol. The fraction of sp³-hybridized carbons (Fsp3) is 0.0143. The molecule has 1 spiro atoms. The number of nitrogens with zero attached hydrogens (tertiary/aromatic N) is 4. The van der Waals surface area contributed by atoms with Crippen molar-refractivity contribution in [1.82, 2.24) is 15.0 Å². The van der Waals surface area contributed by atoms with E-state index >= 15 is 0 Å². The molecule has 0 amide bonds. The minimum Gasteiger partial charge on any atom is -0.311 e. The predicted octanol–water partition coefficient (Wildman–Crippen LogP) is 17.8. The molecule has 1 unspecified atom stereocenters. The van der Waals surface area contributed by atoms with Gasteiger partial charge in [-0.25, -0.2) is 15.0 Å². The molecule has 2 aliphatic rings. The highest BCUT2D eigenvalue weighted by molar-refractivity contribution is 6.28. The van der Waals surface area contributed by atoms with Gasteiger partial charge in [0.1, 0.15) is 0 Å². The zero-order chi connectivity index (χ0) is 48.7. The minimum atomic E-state index is -0.647. The molecule has 0 N–H and O–H groups in total. The van der Waals surface area contributed by atoms with Crippen molar-refractivity contribution in [3.63, 3.8) is 0 Å². The Labute approximate surface area is 429 Å². The first-order chi connectivity index (χ1) is 36.7. The SMILES string of the molecule is c1ccc(-c2nc(-c3ccccc3)nc(-c3cc4c5ccccc5c5c(c4c4ccccc34)C3(c4ccccc4-c4ccc(-c6ccc(N(c7ccccc7)c7ccccc7)cc6)cc43)c3ccccc3-5)n2)cc1. The first kappa shape index (κ1) is 42.0. The average molecular weight is 941 g/mol. The smallest absolute Gasteiger partial charge is 0.164 e. The molecule has 4 heteroatoms. The van der Waals surface area contributed by atoms with Crippen molar-refractivity contribution in [3.8, 4) is 67.5 Å². The molecule has 15 rings (SSSR count). The van der Waals surface area contributed by atoms with Crippen molar-refractivity contribution in [3.05, 3.63) is 289 Å². The highest BCUT2D eigenvalue weighted by Crippen LogP contribution is 2.66. The van der Waals surface area contributed by atoms with E-state index in [1.165, 1.54) is 71.6 Å². The number of hydrogen-bond donors (Lipinski definition) is 0. The normalized spacial score (nSPS) is 14.0. The molecule has 13 aromatic rings. The van der Waals surface area contributed by atoms with Gasteiger partial charge in [-0.1, -0.05) is 218 Å². The highest BCUT2D eigenvalue weighted by Gasteiger charge is 2.53. The standard InChI is InChI=1S/C70H44N4/c1-5-21-46(22-6-1)67-71-68(47-23-7-2-8-24-47)73-69(72-67)60-44-59-52-29-13-15-32-56(52)64-58-34-18-20-36-62(58)70(66(64)65(59)57-33-16-14-30-53(57)60)61-35-19-17-31-54(61)55-42-39-48(43-63(55)70)45-37-40-51(41-38-45)74(49-25-9-3-10-26-49)50-27-11-4-12-28-50/h1-44H. The average Bonchev–Trinajstić information content (AvgIpc) is 4.14. The molecule has 0 aliphatic heterocycles. The molecule has 0 fully saturated rings. The van der Waals surface area contributed by atoms with Gasteiger partial charge in [-0.15, -0.1) is 0 Å². The van der Waals surface area contributed by atoms with Gasteiger partial charge in [-0.2, -0.15) is 0 Å². The molecular formula is C70H44N4. The Kier molecular flexibility index (Phi) is 9.45. The van der Waals surface area contributed by atoms with Gasteiger partial charge in [-0.3, -0.25) is 0 Å². The summed E-state index contributed by atoms with van der Waals surface area (Å²) in [6, 6.07) is 96.6. The zero-order valence-electron chi connectivity index (χ0n) is 40.2.